The summed E-state index contributed by atoms with van der Waals surface area (Å²) < 4.78 is 8.43. The Morgan fingerprint density at radius 2 is 1.93 bits per heavy atom. The van der Waals surface area contributed by atoms with Gasteiger partial charge in [-0.2, -0.15) is 0 Å². The van der Waals surface area contributed by atoms with Crippen LogP contribution in [0.4, 0.5) is 0 Å². The Kier molecular flexibility index (Phi) is 4.69. The number of pyridine rings is 1. The number of rotatable bonds is 4. The highest BCUT2D eigenvalue weighted by Gasteiger charge is 2.27. The number of morpholine rings is 1. The van der Waals surface area contributed by atoms with Gasteiger partial charge in [0.15, 0.2) is 5.16 Å². The van der Waals surface area contributed by atoms with E-state index in [1.54, 1.807) is 0 Å². The summed E-state index contributed by atoms with van der Waals surface area (Å²) in [5, 5.41) is 1.16. The van der Waals surface area contributed by atoms with Gasteiger partial charge in [0.2, 0.25) is 0 Å². The SMILES string of the molecule is c1ccc(-c2nc3n(c2CN2CCOC(c4ccncc4)C2)CCS3)cc1. The van der Waals surface area contributed by atoms with E-state index in [9.17, 15) is 0 Å². The summed E-state index contributed by atoms with van der Waals surface area (Å²) in [4.78, 5) is 11.6. The first-order valence-corrected chi connectivity index (χ1v) is 10.4. The fraction of sp³-hybridized carbons (Fsp3) is 0.333. The lowest BCUT2D eigenvalue weighted by Gasteiger charge is -2.33. The first-order valence-electron chi connectivity index (χ1n) is 9.40. The molecule has 1 unspecified atom stereocenters. The number of imidazole rings is 1. The zero-order valence-electron chi connectivity index (χ0n) is 15.1. The summed E-state index contributed by atoms with van der Waals surface area (Å²) in [6.45, 7) is 4.55. The van der Waals surface area contributed by atoms with Crippen LogP contribution < -0.4 is 0 Å². The topological polar surface area (TPSA) is 43.2 Å². The molecule has 4 heterocycles. The zero-order valence-corrected chi connectivity index (χ0v) is 15.9. The normalized spacial score (nSPS) is 19.9. The molecule has 2 aliphatic rings. The molecular weight excluding hydrogens is 356 g/mol. The van der Waals surface area contributed by atoms with E-state index in [1.165, 1.54) is 16.8 Å². The van der Waals surface area contributed by atoms with E-state index in [-0.39, 0.29) is 6.10 Å². The molecule has 2 aromatic heterocycles. The van der Waals surface area contributed by atoms with Crippen molar-refractivity contribution >= 4 is 11.8 Å². The number of nitrogens with zero attached hydrogens (tertiary/aromatic N) is 4. The van der Waals surface area contributed by atoms with Crippen LogP contribution in [0.1, 0.15) is 17.4 Å². The summed E-state index contributed by atoms with van der Waals surface area (Å²) in [5.41, 5.74) is 4.86. The highest BCUT2D eigenvalue weighted by molar-refractivity contribution is 7.99. The van der Waals surface area contributed by atoms with Gasteiger partial charge in [0.1, 0.15) is 0 Å². The standard InChI is InChI=1S/C21H22N4OS/c1-2-4-17(5-3-1)20-18(25-11-13-27-21(25)23-20)14-24-10-12-26-19(15-24)16-6-8-22-9-7-16/h1-9,19H,10-15H2. The van der Waals surface area contributed by atoms with Crippen molar-refractivity contribution in [3.05, 3.63) is 66.1 Å². The van der Waals surface area contributed by atoms with E-state index in [2.05, 4.69) is 56.9 Å². The third-order valence-electron chi connectivity index (χ3n) is 5.23. The molecule has 0 aliphatic carbocycles. The first-order chi connectivity index (χ1) is 13.4. The number of fused-ring (bicyclic) bond motifs is 1. The van der Waals surface area contributed by atoms with Gasteiger partial charge in [-0.25, -0.2) is 4.98 Å². The summed E-state index contributed by atoms with van der Waals surface area (Å²) >= 11 is 1.86. The second-order valence-corrected chi connectivity index (χ2v) is 7.99. The van der Waals surface area contributed by atoms with Crippen molar-refractivity contribution in [3.63, 3.8) is 0 Å². The van der Waals surface area contributed by atoms with Gasteiger partial charge in [0, 0.05) is 49.9 Å². The molecule has 1 atom stereocenters. The van der Waals surface area contributed by atoms with E-state index in [4.69, 9.17) is 9.72 Å². The predicted molar refractivity (Wildman–Crippen MR) is 107 cm³/mol. The van der Waals surface area contributed by atoms with Crippen LogP contribution >= 0.6 is 11.8 Å². The maximum atomic E-state index is 6.02. The molecule has 6 heteroatoms. The average Bonchev–Trinajstić information content (AvgIpc) is 3.32. The van der Waals surface area contributed by atoms with Gasteiger partial charge in [-0.15, -0.1) is 0 Å². The third-order valence-corrected chi connectivity index (χ3v) is 6.19. The van der Waals surface area contributed by atoms with Gasteiger partial charge in [-0.3, -0.25) is 9.88 Å². The molecule has 138 valence electrons. The Bertz CT molecular complexity index is 913. The first kappa shape index (κ1) is 17.0. The Morgan fingerprint density at radius 3 is 2.78 bits per heavy atom. The number of thioether (sulfide) groups is 1. The van der Waals surface area contributed by atoms with Crippen LogP contribution in [0.5, 0.6) is 0 Å². The number of aromatic nitrogens is 3. The van der Waals surface area contributed by atoms with Crippen molar-refractivity contribution < 1.29 is 4.74 Å². The van der Waals surface area contributed by atoms with Crippen LogP contribution in [-0.4, -0.2) is 44.9 Å². The Morgan fingerprint density at radius 1 is 1.07 bits per heavy atom. The maximum Gasteiger partial charge on any atom is 0.168 e. The summed E-state index contributed by atoms with van der Waals surface area (Å²) in [6, 6.07) is 14.7. The van der Waals surface area contributed by atoms with E-state index < -0.39 is 0 Å². The fourth-order valence-electron chi connectivity index (χ4n) is 3.86. The van der Waals surface area contributed by atoms with Crippen LogP contribution in [0, 0.1) is 0 Å². The van der Waals surface area contributed by atoms with E-state index in [1.807, 2.05) is 24.2 Å². The molecule has 3 aromatic rings. The van der Waals surface area contributed by atoms with E-state index >= 15 is 0 Å². The van der Waals surface area contributed by atoms with Crippen LogP contribution in [0.25, 0.3) is 11.3 Å². The molecule has 0 spiro atoms. The van der Waals surface area contributed by atoms with Gasteiger partial charge < -0.3 is 9.30 Å². The predicted octanol–water partition coefficient (Wildman–Crippen LogP) is 3.62. The minimum atomic E-state index is 0.109. The largest absolute Gasteiger partial charge is 0.371 e. The molecule has 1 saturated heterocycles. The average molecular weight is 379 g/mol. The summed E-state index contributed by atoms with van der Waals surface area (Å²) in [7, 11) is 0. The lowest BCUT2D eigenvalue weighted by molar-refractivity contribution is -0.0335. The number of hydrogen-bond acceptors (Lipinski definition) is 5. The minimum Gasteiger partial charge on any atom is -0.371 e. The van der Waals surface area contributed by atoms with Gasteiger partial charge in [-0.05, 0) is 17.7 Å². The lowest BCUT2D eigenvalue weighted by Crippen LogP contribution is -2.38. The molecule has 0 amide bonds. The molecule has 27 heavy (non-hydrogen) atoms. The molecule has 1 fully saturated rings. The van der Waals surface area contributed by atoms with E-state index in [0.717, 1.165) is 49.4 Å². The molecule has 2 aliphatic heterocycles. The molecule has 0 N–H and O–H groups in total. The molecular formula is C21H22N4OS. The van der Waals surface area contributed by atoms with Crippen molar-refractivity contribution in [1.29, 1.82) is 0 Å². The number of benzene rings is 1. The lowest BCUT2D eigenvalue weighted by atomic mass is 10.1. The zero-order chi connectivity index (χ0) is 18.1. The molecule has 0 saturated carbocycles. The highest BCUT2D eigenvalue weighted by atomic mass is 32.2. The van der Waals surface area contributed by atoms with Gasteiger partial charge >= 0.3 is 0 Å². The molecule has 5 rings (SSSR count). The molecule has 0 radical (unpaired) electrons. The van der Waals surface area contributed by atoms with Crippen molar-refractivity contribution in [2.45, 2.75) is 24.3 Å². The fourth-order valence-corrected chi connectivity index (χ4v) is 4.83. The van der Waals surface area contributed by atoms with Crippen LogP contribution in [0.3, 0.4) is 0 Å². The minimum absolute atomic E-state index is 0.109. The van der Waals surface area contributed by atoms with Crippen LogP contribution in [0.15, 0.2) is 60.0 Å². The monoisotopic (exact) mass is 378 g/mol. The molecule has 1 aromatic carbocycles. The molecule has 5 nitrogen and oxygen atoms in total. The molecule has 0 bridgehead atoms. The summed E-state index contributed by atoms with van der Waals surface area (Å²) in [6.07, 6.45) is 3.79. The van der Waals surface area contributed by atoms with Crippen molar-refractivity contribution in [2.75, 3.05) is 25.4 Å². The maximum absolute atomic E-state index is 6.02. The highest BCUT2D eigenvalue weighted by Crippen LogP contribution is 2.34. The van der Waals surface area contributed by atoms with Crippen molar-refractivity contribution in [3.8, 4) is 11.3 Å². The third kappa shape index (κ3) is 3.40. The summed E-state index contributed by atoms with van der Waals surface area (Å²) in [5.74, 6) is 1.12. The van der Waals surface area contributed by atoms with Gasteiger partial charge in [0.25, 0.3) is 0 Å². The second-order valence-electron chi connectivity index (χ2n) is 6.93. The van der Waals surface area contributed by atoms with Gasteiger partial charge in [0.05, 0.1) is 24.1 Å². The Hall–Kier alpha value is -2.15. The second kappa shape index (κ2) is 7.46. The van der Waals surface area contributed by atoms with Crippen LogP contribution in [0.2, 0.25) is 0 Å². The van der Waals surface area contributed by atoms with Gasteiger partial charge in [-0.1, -0.05) is 42.1 Å². The Balaban J connectivity index is 1.42. The van der Waals surface area contributed by atoms with Crippen LogP contribution in [-0.2, 0) is 17.8 Å². The smallest absolute Gasteiger partial charge is 0.168 e. The Labute approximate surface area is 163 Å². The quantitative estimate of drug-likeness (QED) is 0.694. The number of hydrogen-bond donors (Lipinski definition) is 0. The number of ether oxygens (including phenoxy) is 1. The van der Waals surface area contributed by atoms with Crippen molar-refractivity contribution in [1.82, 2.24) is 19.4 Å². The van der Waals surface area contributed by atoms with E-state index in [0.29, 0.717) is 0 Å². The van der Waals surface area contributed by atoms with Crippen molar-refractivity contribution in [2.24, 2.45) is 0 Å².